The number of fused-ring (bicyclic) bond motifs is 1. The molecule has 2 heteroatoms. The molecule has 0 saturated heterocycles. The van der Waals surface area contributed by atoms with Crippen LogP contribution in [-0.4, -0.2) is 11.5 Å². The summed E-state index contributed by atoms with van der Waals surface area (Å²) >= 11 is 0. The Morgan fingerprint density at radius 2 is 2.00 bits per heavy atom. The van der Waals surface area contributed by atoms with E-state index in [-0.39, 0.29) is 5.41 Å². The minimum absolute atomic E-state index is 0.172. The van der Waals surface area contributed by atoms with E-state index in [1.54, 1.807) is 0 Å². The third-order valence-corrected chi connectivity index (χ3v) is 2.90. The predicted octanol–water partition coefficient (Wildman–Crippen LogP) is 2.70. The third kappa shape index (κ3) is 2.05. The molecule has 0 aliphatic carbocycles. The van der Waals surface area contributed by atoms with Crippen LogP contribution < -0.4 is 5.73 Å². The Bertz CT molecular complexity index is 454. The minimum atomic E-state index is 0.172. The zero-order valence-corrected chi connectivity index (χ0v) is 9.38. The van der Waals surface area contributed by atoms with Crippen molar-refractivity contribution < 1.29 is 0 Å². The van der Waals surface area contributed by atoms with E-state index in [1.165, 1.54) is 16.5 Å². The Morgan fingerprint density at radius 1 is 1.27 bits per heavy atom. The van der Waals surface area contributed by atoms with Crippen LogP contribution in [0, 0.1) is 5.41 Å². The first-order valence-corrected chi connectivity index (χ1v) is 5.37. The number of para-hydroxylation sites is 1. The number of nitrogens with one attached hydrogen (secondary N) is 1. The van der Waals surface area contributed by atoms with Crippen LogP contribution in [0.4, 0.5) is 0 Å². The second-order valence-electron chi connectivity index (χ2n) is 4.90. The van der Waals surface area contributed by atoms with E-state index in [0.717, 1.165) is 6.42 Å². The molecule has 0 saturated carbocycles. The highest BCUT2D eigenvalue weighted by atomic mass is 14.7. The molecule has 1 aromatic carbocycles. The summed E-state index contributed by atoms with van der Waals surface area (Å²) in [5.74, 6) is 0. The molecular formula is C13H18N2. The highest BCUT2D eigenvalue weighted by molar-refractivity contribution is 5.83. The summed E-state index contributed by atoms with van der Waals surface area (Å²) in [7, 11) is 0. The first-order chi connectivity index (χ1) is 7.12. The molecule has 2 aromatic rings. The highest BCUT2D eigenvalue weighted by Crippen LogP contribution is 2.25. The first-order valence-electron chi connectivity index (χ1n) is 5.37. The van der Waals surface area contributed by atoms with Gasteiger partial charge < -0.3 is 10.7 Å². The molecule has 0 aliphatic heterocycles. The fourth-order valence-corrected chi connectivity index (χ4v) is 1.87. The van der Waals surface area contributed by atoms with Gasteiger partial charge >= 0.3 is 0 Å². The van der Waals surface area contributed by atoms with Gasteiger partial charge in [-0.1, -0.05) is 32.0 Å². The lowest BCUT2D eigenvalue weighted by atomic mass is 9.86. The topological polar surface area (TPSA) is 41.8 Å². The molecule has 0 atom stereocenters. The van der Waals surface area contributed by atoms with E-state index in [1.807, 2.05) is 0 Å². The predicted molar refractivity (Wildman–Crippen MR) is 64.8 cm³/mol. The summed E-state index contributed by atoms with van der Waals surface area (Å²) in [5, 5.41) is 1.32. The second kappa shape index (κ2) is 3.70. The maximum absolute atomic E-state index is 5.76. The van der Waals surface area contributed by atoms with Gasteiger partial charge in [-0.05, 0) is 30.0 Å². The highest BCUT2D eigenvalue weighted by Gasteiger charge is 2.17. The lowest BCUT2D eigenvalue weighted by Crippen LogP contribution is -2.25. The van der Waals surface area contributed by atoms with Gasteiger partial charge in [0.15, 0.2) is 0 Å². The van der Waals surface area contributed by atoms with Crippen molar-refractivity contribution in [3.8, 4) is 0 Å². The average molecular weight is 202 g/mol. The molecule has 1 heterocycles. The van der Waals surface area contributed by atoms with Gasteiger partial charge in [0.2, 0.25) is 0 Å². The Hall–Kier alpha value is -1.28. The van der Waals surface area contributed by atoms with Crippen LogP contribution in [0.15, 0.2) is 30.5 Å². The average Bonchev–Trinajstić information content (AvgIpc) is 2.62. The molecular weight excluding hydrogens is 184 g/mol. The quantitative estimate of drug-likeness (QED) is 0.789. The summed E-state index contributed by atoms with van der Waals surface area (Å²) < 4.78 is 0. The van der Waals surface area contributed by atoms with Crippen LogP contribution in [-0.2, 0) is 6.42 Å². The van der Waals surface area contributed by atoms with E-state index in [0.29, 0.717) is 6.54 Å². The van der Waals surface area contributed by atoms with E-state index >= 15 is 0 Å². The van der Waals surface area contributed by atoms with Gasteiger partial charge in [-0.3, -0.25) is 0 Å². The third-order valence-electron chi connectivity index (χ3n) is 2.90. The van der Waals surface area contributed by atoms with Crippen LogP contribution in [0.1, 0.15) is 19.4 Å². The van der Waals surface area contributed by atoms with Crippen molar-refractivity contribution in [1.29, 1.82) is 0 Å². The molecule has 0 bridgehead atoms. The summed E-state index contributed by atoms with van der Waals surface area (Å²) in [6.07, 6.45) is 3.12. The number of nitrogens with two attached hydrogens (primary N) is 1. The molecule has 80 valence electrons. The Balaban J connectivity index is 2.37. The van der Waals surface area contributed by atoms with Crippen molar-refractivity contribution in [3.63, 3.8) is 0 Å². The van der Waals surface area contributed by atoms with Gasteiger partial charge in [-0.2, -0.15) is 0 Å². The van der Waals surface area contributed by atoms with Gasteiger partial charge in [-0.15, -0.1) is 0 Å². The van der Waals surface area contributed by atoms with Crippen LogP contribution in [0.2, 0.25) is 0 Å². The lowest BCUT2D eigenvalue weighted by molar-refractivity contribution is 0.378. The summed E-state index contributed by atoms with van der Waals surface area (Å²) in [5.41, 5.74) is 8.50. The maximum atomic E-state index is 5.76. The van der Waals surface area contributed by atoms with Crippen LogP contribution >= 0.6 is 0 Å². The summed E-state index contributed by atoms with van der Waals surface area (Å²) in [6, 6.07) is 8.40. The normalized spacial score (nSPS) is 12.2. The molecule has 0 aliphatic rings. The number of H-pyrrole nitrogens is 1. The molecule has 0 radical (unpaired) electrons. The largest absolute Gasteiger partial charge is 0.361 e. The standard InChI is InChI=1S/C13H18N2/c1-13(2,9-14)7-10-8-15-12-6-4-3-5-11(10)12/h3-6,8,15H,7,9,14H2,1-2H3. The van der Waals surface area contributed by atoms with Crippen molar-refractivity contribution in [3.05, 3.63) is 36.0 Å². The fraction of sp³-hybridized carbons (Fsp3) is 0.385. The van der Waals surface area contributed by atoms with Crippen molar-refractivity contribution in [2.45, 2.75) is 20.3 Å². The monoisotopic (exact) mass is 202 g/mol. The first kappa shape index (κ1) is 10.2. The van der Waals surface area contributed by atoms with Crippen LogP contribution in [0.25, 0.3) is 10.9 Å². The Labute approximate surface area is 90.5 Å². The smallest absolute Gasteiger partial charge is 0.0456 e. The van der Waals surface area contributed by atoms with Gasteiger partial charge in [0.25, 0.3) is 0 Å². The van der Waals surface area contributed by atoms with Gasteiger partial charge in [0, 0.05) is 17.1 Å². The van der Waals surface area contributed by atoms with E-state index in [2.05, 4.69) is 49.3 Å². The van der Waals surface area contributed by atoms with E-state index in [4.69, 9.17) is 5.73 Å². The van der Waals surface area contributed by atoms with Gasteiger partial charge in [0.1, 0.15) is 0 Å². The number of rotatable bonds is 3. The summed E-state index contributed by atoms with van der Waals surface area (Å²) in [6.45, 7) is 5.12. The molecule has 0 amide bonds. The fourth-order valence-electron chi connectivity index (χ4n) is 1.87. The van der Waals surface area contributed by atoms with Crippen LogP contribution in [0.3, 0.4) is 0 Å². The van der Waals surface area contributed by atoms with Crippen molar-refractivity contribution >= 4 is 10.9 Å². The Morgan fingerprint density at radius 3 is 2.73 bits per heavy atom. The zero-order chi connectivity index (χ0) is 10.9. The second-order valence-corrected chi connectivity index (χ2v) is 4.90. The van der Waals surface area contributed by atoms with Crippen LogP contribution in [0.5, 0.6) is 0 Å². The van der Waals surface area contributed by atoms with E-state index in [9.17, 15) is 0 Å². The number of aromatic nitrogens is 1. The zero-order valence-electron chi connectivity index (χ0n) is 9.38. The SMILES string of the molecule is CC(C)(CN)Cc1c[nH]c2ccccc12. The van der Waals surface area contributed by atoms with Gasteiger partial charge in [-0.25, -0.2) is 0 Å². The van der Waals surface area contributed by atoms with Crippen molar-refractivity contribution in [1.82, 2.24) is 4.98 Å². The summed E-state index contributed by atoms with van der Waals surface area (Å²) in [4.78, 5) is 3.29. The molecule has 0 fully saturated rings. The Kier molecular flexibility index (Phi) is 2.53. The number of benzene rings is 1. The van der Waals surface area contributed by atoms with Crippen molar-refractivity contribution in [2.75, 3.05) is 6.54 Å². The number of hydrogen-bond acceptors (Lipinski definition) is 1. The molecule has 0 spiro atoms. The molecule has 2 rings (SSSR count). The molecule has 0 unspecified atom stereocenters. The van der Waals surface area contributed by atoms with Gasteiger partial charge in [0.05, 0.1) is 0 Å². The van der Waals surface area contributed by atoms with E-state index < -0.39 is 0 Å². The van der Waals surface area contributed by atoms with Crippen molar-refractivity contribution in [2.24, 2.45) is 11.1 Å². The minimum Gasteiger partial charge on any atom is -0.361 e. The molecule has 1 aromatic heterocycles. The lowest BCUT2D eigenvalue weighted by Gasteiger charge is -2.21. The molecule has 2 nitrogen and oxygen atoms in total. The number of hydrogen-bond donors (Lipinski definition) is 2. The molecule has 3 N–H and O–H groups in total. The molecule has 15 heavy (non-hydrogen) atoms. The maximum Gasteiger partial charge on any atom is 0.0456 e. The number of aromatic amines is 1.